The summed E-state index contributed by atoms with van der Waals surface area (Å²) in [6, 6.07) is 9.82. The van der Waals surface area contributed by atoms with Gasteiger partial charge in [0.2, 0.25) is 0 Å². The molecule has 4 nitrogen and oxygen atoms in total. The highest BCUT2D eigenvalue weighted by atomic mass is 35.5. The van der Waals surface area contributed by atoms with Crippen molar-refractivity contribution in [1.82, 2.24) is 0 Å². The first-order valence-electron chi connectivity index (χ1n) is 6.14. The maximum atomic E-state index is 10.9. The molecule has 0 aliphatic heterocycles. The molecule has 1 N–H and O–H groups in total. The number of aryl methyl sites for hydroxylation is 2. The topological polar surface area (TPSA) is 70.3 Å². The zero-order valence-corrected chi connectivity index (χ0v) is 12.2. The minimum absolute atomic E-state index is 0.0978. The number of carboxylic acid groups (broad SMARTS) is 1. The van der Waals surface area contributed by atoms with E-state index in [9.17, 15) is 4.79 Å². The second kappa shape index (κ2) is 5.86. The summed E-state index contributed by atoms with van der Waals surface area (Å²) >= 11 is 6.05. The normalized spacial score (nSPS) is 10.0. The van der Waals surface area contributed by atoms with E-state index in [1.165, 1.54) is 18.2 Å². The number of rotatable bonds is 3. The van der Waals surface area contributed by atoms with Gasteiger partial charge in [0, 0.05) is 0 Å². The third kappa shape index (κ3) is 3.15. The van der Waals surface area contributed by atoms with E-state index in [0.717, 1.165) is 11.1 Å². The van der Waals surface area contributed by atoms with Gasteiger partial charge in [-0.2, -0.15) is 5.26 Å². The summed E-state index contributed by atoms with van der Waals surface area (Å²) in [7, 11) is 0. The molecule has 0 spiro atoms. The van der Waals surface area contributed by atoms with Gasteiger partial charge in [0.25, 0.3) is 0 Å². The van der Waals surface area contributed by atoms with Crippen LogP contribution in [0.25, 0.3) is 0 Å². The molecule has 106 valence electrons. The van der Waals surface area contributed by atoms with Crippen molar-refractivity contribution in [1.29, 1.82) is 5.26 Å². The number of hydrogen-bond donors (Lipinski definition) is 1. The van der Waals surface area contributed by atoms with Gasteiger partial charge in [-0.25, -0.2) is 4.79 Å². The van der Waals surface area contributed by atoms with Gasteiger partial charge in [-0.15, -0.1) is 0 Å². The molecule has 0 fully saturated rings. The predicted octanol–water partition coefficient (Wildman–Crippen LogP) is 4.32. The van der Waals surface area contributed by atoms with Crippen LogP contribution in [-0.4, -0.2) is 11.1 Å². The summed E-state index contributed by atoms with van der Waals surface area (Å²) in [6.45, 7) is 3.67. The highest BCUT2D eigenvalue weighted by Gasteiger charge is 2.12. The Kier molecular flexibility index (Phi) is 4.15. The van der Waals surface area contributed by atoms with Gasteiger partial charge in [0.05, 0.1) is 22.2 Å². The van der Waals surface area contributed by atoms with Crippen molar-refractivity contribution in [3.8, 4) is 17.6 Å². The van der Waals surface area contributed by atoms with Crippen LogP contribution in [0.4, 0.5) is 0 Å². The van der Waals surface area contributed by atoms with E-state index in [-0.39, 0.29) is 10.6 Å². The molecule has 2 aromatic carbocycles. The monoisotopic (exact) mass is 301 g/mol. The molecule has 0 atom stereocenters. The third-order valence-electron chi connectivity index (χ3n) is 2.98. The van der Waals surface area contributed by atoms with Crippen LogP contribution >= 0.6 is 11.6 Å². The number of benzene rings is 2. The average Bonchev–Trinajstić information content (AvgIpc) is 2.43. The SMILES string of the molecule is Cc1cc(C#N)cc(C)c1Oc1ccc(C(=O)O)cc1Cl. The second-order valence-electron chi connectivity index (χ2n) is 4.60. The molecule has 0 radical (unpaired) electrons. The highest BCUT2D eigenvalue weighted by Crippen LogP contribution is 2.34. The van der Waals surface area contributed by atoms with E-state index < -0.39 is 5.97 Å². The maximum Gasteiger partial charge on any atom is 0.335 e. The summed E-state index contributed by atoms with van der Waals surface area (Å²) in [6.07, 6.45) is 0. The molecular formula is C16H12ClNO3. The molecular weight excluding hydrogens is 290 g/mol. The molecule has 0 aromatic heterocycles. The Morgan fingerprint density at radius 2 is 1.86 bits per heavy atom. The van der Waals surface area contributed by atoms with Gasteiger partial charge < -0.3 is 9.84 Å². The van der Waals surface area contributed by atoms with Gasteiger partial charge in [-0.1, -0.05) is 11.6 Å². The van der Waals surface area contributed by atoms with E-state index in [1.807, 2.05) is 13.8 Å². The van der Waals surface area contributed by atoms with Gasteiger partial charge >= 0.3 is 5.97 Å². The van der Waals surface area contributed by atoms with Gasteiger partial charge in [0.15, 0.2) is 0 Å². The first-order valence-corrected chi connectivity index (χ1v) is 6.52. The summed E-state index contributed by atoms with van der Waals surface area (Å²) < 4.78 is 5.77. The van der Waals surface area contributed by atoms with Crippen LogP contribution in [0.5, 0.6) is 11.5 Å². The molecule has 0 unspecified atom stereocenters. The molecule has 0 aliphatic carbocycles. The zero-order chi connectivity index (χ0) is 15.6. The Bertz CT molecular complexity index is 740. The van der Waals surface area contributed by atoms with Crippen molar-refractivity contribution in [3.05, 3.63) is 57.6 Å². The van der Waals surface area contributed by atoms with E-state index in [4.69, 9.17) is 26.7 Å². The van der Waals surface area contributed by atoms with Crippen molar-refractivity contribution in [3.63, 3.8) is 0 Å². The smallest absolute Gasteiger partial charge is 0.335 e. The second-order valence-corrected chi connectivity index (χ2v) is 5.01. The number of ether oxygens (including phenoxy) is 1. The predicted molar refractivity (Wildman–Crippen MR) is 79.1 cm³/mol. The van der Waals surface area contributed by atoms with E-state index in [2.05, 4.69) is 6.07 Å². The molecule has 21 heavy (non-hydrogen) atoms. The molecule has 0 amide bonds. The molecule has 0 saturated carbocycles. The Balaban J connectivity index is 2.39. The van der Waals surface area contributed by atoms with Crippen LogP contribution in [0.15, 0.2) is 30.3 Å². The Hall–Kier alpha value is -2.51. The molecule has 2 rings (SSSR count). The van der Waals surface area contributed by atoms with E-state index in [1.54, 1.807) is 12.1 Å². The number of carboxylic acids is 1. The number of halogens is 1. The van der Waals surface area contributed by atoms with E-state index in [0.29, 0.717) is 17.1 Å². The summed E-state index contributed by atoms with van der Waals surface area (Å²) in [5, 5.41) is 18.1. The maximum absolute atomic E-state index is 10.9. The average molecular weight is 302 g/mol. The van der Waals surface area contributed by atoms with Crippen LogP contribution < -0.4 is 4.74 Å². The lowest BCUT2D eigenvalue weighted by molar-refractivity contribution is 0.0697. The molecule has 0 saturated heterocycles. The summed E-state index contributed by atoms with van der Waals surface area (Å²) in [5.74, 6) is -0.0641. The third-order valence-corrected chi connectivity index (χ3v) is 3.28. The van der Waals surface area contributed by atoms with Crippen LogP contribution in [0.1, 0.15) is 27.0 Å². The first-order chi connectivity index (χ1) is 9.92. The molecule has 5 heteroatoms. The number of hydrogen-bond acceptors (Lipinski definition) is 3. The van der Waals surface area contributed by atoms with Crippen LogP contribution in [0.2, 0.25) is 5.02 Å². The van der Waals surface area contributed by atoms with Crippen LogP contribution in [0, 0.1) is 25.2 Å². The Morgan fingerprint density at radius 3 is 2.33 bits per heavy atom. The molecule has 2 aromatic rings. The molecule has 0 bridgehead atoms. The van der Waals surface area contributed by atoms with Gasteiger partial charge in [-0.3, -0.25) is 0 Å². The molecule has 0 heterocycles. The fourth-order valence-electron chi connectivity index (χ4n) is 2.00. The number of nitrogens with zero attached hydrogens (tertiary/aromatic N) is 1. The minimum Gasteiger partial charge on any atom is -0.478 e. The largest absolute Gasteiger partial charge is 0.478 e. The lowest BCUT2D eigenvalue weighted by Gasteiger charge is -2.13. The summed E-state index contributed by atoms with van der Waals surface area (Å²) in [5.41, 5.74) is 2.28. The quantitative estimate of drug-likeness (QED) is 0.916. The number of carbonyl (C=O) groups is 1. The Morgan fingerprint density at radius 1 is 1.24 bits per heavy atom. The van der Waals surface area contributed by atoms with Crippen molar-refractivity contribution in [2.24, 2.45) is 0 Å². The van der Waals surface area contributed by atoms with E-state index >= 15 is 0 Å². The van der Waals surface area contributed by atoms with Crippen molar-refractivity contribution in [2.75, 3.05) is 0 Å². The zero-order valence-electron chi connectivity index (χ0n) is 11.5. The number of aromatic carboxylic acids is 1. The fraction of sp³-hybridized carbons (Fsp3) is 0.125. The van der Waals surface area contributed by atoms with Crippen molar-refractivity contribution < 1.29 is 14.6 Å². The number of nitriles is 1. The Labute approximate surface area is 127 Å². The van der Waals surface area contributed by atoms with Gasteiger partial charge in [0.1, 0.15) is 11.5 Å². The minimum atomic E-state index is -1.05. The van der Waals surface area contributed by atoms with Crippen LogP contribution in [0.3, 0.4) is 0 Å². The standard InChI is InChI=1S/C16H12ClNO3/c1-9-5-11(8-18)6-10(2)15(9)21-14-4-3-12(16(19)20)7-13(14)17/h3-7H,1-2H3,(H,19,20). The van der Waals surface area contributed by atoms with Crippen molar-refractivity contribution >= 4 is 17.6 Å². The van der Waals surface area contributed by atoms with Crippen molar-refractivity contribution in [2.45, 2.75) is 13.8 Å². The first kappa shape index (κ1) is 14.9. The lowest BCUT2D eigenvalue weighted by Crippen LogP contribution is -1.97. The van der Waals surface area contributed by atoms with Crippen LogP contribution in [-0.2, 0) is 0 Å². The highest BCUT2D eigenvalue weighted by molar-refractivity contribution is 6.32. The van der Waals surface area contributed by atoms with Gasteiger partial charge in [-0.05, 0) is 55.3 Å². The summed E-state index contributed by atoms with van der Waals surface area (Å²) in [4.78, 5) is 10.9. The lowest BCUT2D eigenvalue weighted by atomic mass is 10.1. The fourth-order valence-corrected chi connectivity index (χ4v) is 2.22. The molecule has 0 aliphatic rings.